The Bertz CT molecular complexity index is 974. The van der Waals surface area contributed by atoms with Crippen LogP contribution in [0.3, 0.4) is 0 Å². The van der Waals surface area contributed by atoms with Crippen LogP contribution in [0.25, 0.3) is 0 Å². The van der Waals surface area contributed by atoms with E-state index in [-0.39, 0.29) is 0 Å². The van der Waals surface area contributed by atoms with Crippen molar-refractivity contribution >= 4 is 44.8 Å². The molecule has 152 valence electrons. The fourth-order valence-electron chi connectivity index (χ4n) is 2.94. The van der Waals surface area contributed by atoms with E-state index in [0.717, 1.165) is 21.3 Å². The van der Waals surface area contributed by atoms with Crippen molar-refractivity contribution in [1.82, 2.24) is 0 Å². The summed E-state index contributed by atoms with van der Waals surface area (Å²) in [7, 11) is 0. The molecular formula is C23H22BrCl2NO2. The van der Waals surface area contributed by atoms with E-state index in [4.69, 9.17) is 32.7 Å². The number of nitrogens with one attached hydrogen (secondary N) is 1. The zero-order valence-corrected chi connectivity index (χ0v) is 19.4. The first-order chi connectivity index (χ1) is 13.9. The second-order valence-corrected chi connectivity index (χ2v) is 8.35. The van der Waals surface area contributed by atoms with Crippen LogP contribution < -0.4 is 14.8 Å². The van der Waals surface area contributed by atoms with Gasteiger partial charge in [-0.1, -0.05) is 53.0 Å². The summed E-state index contributed by atoms with van der Waals surface area (Å²) in [5, 5.41) is 4.52. The van der Waals surface area contributed by atoms with Crippen LogP contribution in [0.5, 0.6) is 11.5 Å². The summed E-state index contributed by atoms with van der Waals surface area (Å²) in [6, 6.07) is 17.7. The Labute approximate surface area is 190 Å². The average molecular weight is 495 g/mol. The van der Waals surface area contributed by atoms with Crippen LogP contribution in [0.15, 0.2) is 59.1 Å². The van der Waals surface area contributed by atoms with E-state index < -0.39 is 0 Å². The highest BCUT2D eigenvalue weighted by Gasteiger charge is 2.13. The topological polar surface area (TPSA) is 30.5 Å². The Morgan fingerprint density at radius 1 is 0.931 bits per heavy atom. The largest absolute Gasteiger partial charge is 0.490 e. The van der Waals surface area contributed by atoms with Gasteiger partial charge in [-0.05, 0) is 71.2 Å². The minimum absolute atomic E-state index is 0.471. The number of rotatable bonds is 8. The highest BCUT2D eigenvalue weighted by Crippen LogP contribution is 2.38. The molecule has 0 aromatic heterocycles. The summed E-state index contributed by atoms with van der Waals surface area (Å²) >= 11 is 15.8. The Hall–Kier alpha value is -1.88. The van der Waals surface area contributed by atoms with Gasteiger partial charge in [-0.3, -0.25) is 0 Å². The van der Waals surface area contributed by atoms with Crippen molar-refractivity contribution in [3.63, 3.8) is 0 Å². The molecule has 0 aliphatic heterocycles. The molecule has 0 aliphatic rings. The van der Waals surface area contributed by atoms with E-state index in [9.17, 15) is 0 Å². The average Bonchev–Trinajstić information content (AvgIpc) is 2.65. The summed E-state index contributed by atoms with van der Waals surface area (Å²) in [5.74, 6) is 1.40. The molecule has 0 fully saturated rings. The maximum absolute atomic E-state index is 6.08. The molecular weight excluding hydrogens is 473 g/mol. The van der Waals surface area contributed by atoms with E-state index in [1.165, 1.54) is 5.56 Å². The van der Waals surface area contributed by atoms with Crippen LogP contribution >= 0.6 is 39.1 Å². The molecule has 0 saturated heterocycles. The van der Waals surface area contributed by atoms with Crippen molar-refractivity contribution in [2.75, 3.05) is 11.9 Å². The van der Waals surface area contributed by atoms with Gasteiger partial charge in [-0.15, -0.1) is 0 Å². The van der Waals surface area contributed by atoms with Crippen molar-refractivity contribution in [1.29, 1.82) is 0 Å². The molecule has 0 amide bonds. The zero-order valence-electron chi connectivity index (χ0n) is 16.3. The summed E-state index contributed by atoms with van der Waals surface area (Å²) in [5.41, 5.74) is 4.22. The van der Waals surface area contributed by atoms with Crippen LogP contribution in [-0.2, 0) is 13.2 Å². The molecule has 0 atom stereocenters. The summed E-state index contributed by atoms with van der Waals surface area (Å²) < 4.78 is 12.8. The molecule has 3 rings (SSSR count). The Morgan fingerprint density at radius 2 is 1.69 bits per heavy atom. The second-order valence-electron chi connectivity index (χ2n) is 6.63. The minimum Gasteiger partial charge on any atom is -0.490 e. The molecule has 0 heterocycles. The van der Waals surface area contributed by atoms with Gasteiger partial charge in [-0.25, -0.2) is 0 Å². The van der Waals surface area contributed by atoms with Gasteiger partial charge >= 0.3 is 0 Å². The van der Waals surface area contributed by atoms with Crippen LogP contribution in [-0.4, -0.2) is 6.61 Å². The predicted octanol–water partition coefficient (Wildman–Crippen LogP) is 7.65. The molecule has 0 spiro atoms. The van der Waals surface area contributed by atoms with Gasteiger partial charge in [0, 0.05) is 22.3 Å². The lowest BCUT2D eigenvalue weighted by molar-refractivity contribution is 0.267. The third-order valence-corrected chi connectivity index (χ3v) is 5.22. The maximum atomic E-state index is 6.08. The lowest BCUT2D eigenvalue weighted by Crippen LogP contribution is -2.04. The summed E-state index contributed by atoms with van der Waals surface area (Å²) in [4.78, 5) is 0. The van der Waals surface area contributed by atoms with E-state index in [0.29, 0.717) is 41.3 Å². The van der Waals surface area contributed by atoms with Gasteiger partial charge in [0.2, 0.25) is 0 Å². The fourth-order valence-corrected chi connectivity index (χ4v) is 4.07. The van der Waals surface area contributed by atoms with Crippen molar-refractivity contribution in [2.24, 2.45) is 0 Å². The number of hydrogen-bond donors (Lipinski definition) is 1. The molecule has 6 heteroatoms. The van der Waals surface area contributed by atoms with E-state index in [2.05, 4.69) is 46.4 Å². The smallest absolute Gasteiger partial charge is 0.175 e. The van der Waals surface area contributed by atoms with Crippen molar-refractivity contribution in [3.05, 3.63) is 85.8 Å². The third-order valence-electron chi connectivity index (χ3n) is 4.19. The van der Waals surface area contributed by atoms with Crippen LogP contribution in [0.1, 0.15) is 23.6 Å². The first-order valence-electron chi connectivity index (χ1n) is 9.28. The fraction of sp³-hybridized carbons (Fsp3) is 0.217. The molecule has 0 saturated carbocycles. The van der Waals surface area contributed by atoms with E-state index in [1.807, 2.05) is 37.3 Å². The minimum atomic E-state index is 0.471. The Morgan fingerprint density at radius 3 is 2.38 bits per heavy atom. The van der Waals surface area contributed by atoms with Crippen LogP contribution in [0.2, 0.25) is 10.0 Å². The molecule has 3 nitrogen and oxygen atoms in total. The lowest BCUT2D eigenvalue weighted by atomic mass is 10.1. The SMILES string of the molecule is CCOc1cc(CNc2cc(Cl)cc(Cl)c2)cc(Br)c1OCc1cccc(C)c1. The predicted molar refractivity (Wildman–Crippen MR) is 125 cm³/mol. The molecule has 0 unspecified atom stereocenters. The van der Waals surface area contributed by atoms with Crippen LogP contribution in [0, 0.1) is 6.92 Å². The highest BCUT2D eigenvalue weighted by molar-refractivity contribution is 9.10. The molecule has 1 N–H and O–H groups in total. The number of aryl methyl sites for hydroxylation is 1. The number of benzene rings is 3. The number of hydrogen-bond acceptors (Lipinski definition) is 3. The Kier molecular flexibility index (Phi) is 7.70. The van der Waals surface area contributed by atoms with Gasteiger partial charge in [0.25, 0.3) is 0 Å². The van der Waals surface area contributed by atoms with E-state index >= 15 is 0 Å². The normalized spacial score (nSPS) is 10.7. The first-order valence-corrected chi connectivity index (χ1v) is 10.8. The van der Waals surface area contributed by atoms with Gasteiger partial charge in [0.15, 0.2) is 11.5 Å². The highest BCUT2D eigenvalue weighted by atomic mass is 79.9. The molecule has 3 aromatic carbocycles. The molecule has 29 heavy (non-hydrogen) atoms. The van der Waals surface area contributed by atoms with Crippen LogP contribution in [0.4, 0.5) is 5.69 Å². The standard InChI is InChI=1S/C23H22BrCl2NO2/c1-3-28-22-9-17(13-27-20-11-18(25)10-19(26)12-20)8-21(24)23(22)29-14-16-6-4-5-15(2)7-16/h4-12,27H,3,13-14H2,1-2H3. The summed E-state index contributed by atoms with van der Waals surface area (Å²) in [6.07, 6.45) is 0. The molecule has 3 aromatic rings. The second kappa shape index (κ2) is 10.2. The quantitative estimate of drug-likeness (QED) is 0.348. The first kappa shape index (κ1) is 21.8. The van der Waals surface area contributed by atoms with E-state index in [1.54, 1.807) is 6.07 Å². The van der Waals surface area contributed by atoms with Crippen molar-refractivity contribution in [3.8, 4) is 11.5 Å². The Balaban J connectivity index is 1.76. The van der Waals surface area contributed by atoms with Gasteiger partial charge in [0.05, 0.1) is 11.1 Å². The molecule has 0 radical (unpaired) electrons. The van der Waals surface area contributed by atoms with Gasteiger partial charge < -0.3 is 14.8 Å². The monoisotopic (exact) mass is 493 g/mol. The van der Waals surface area contributed by atoms with Crippen molar-refractivity contribution in [2.45, 2.75) is 27.0 Å². The lowest BCUT2D eigenvalue weighted by Gasteiger charge is -2.16. The summed E-state index contributed by atoms with van der Waals surface area (Å²) in [6.45, 7) is 5.64. The maximum Gasteiger partial charge on any atom is 0.175 e. The third kappa shape index (κ3) is 6.30. The number of anilines is 1. The number of halogens is 3. The molecule has 0 aliphatic carbocycles. The van der Waals surface area contributed by atoms with Gasteiger partial charge in [0.1, 0.15) is 6.61 Å². The van der Waals surface area contributed by atoms with Crippen molar-refractivity contribution < 1.29 is 9.47 Å². The molecule has 0 bridgehead atoms. The zero-order chi connectivity index (χ0) is 20.8. The van der Waals surface area contributed by atoms with Gasteiger partial charge in [-0.2, -0.15) is 0 Å². The number of ether oxygens (including phenoxy) is 2.